The number of esters is 1. The van der Waals surface area contributed by atoms with Gasteiger partial charge in [-0.3, -0.25) is 4.79 Å². The molecule has 0 bridgehead atoms. The fourth-order valence-electron chi connectivity index (χ4n) is 5.78. The number of methoxy groups -OCH3 is 1. The molecule has 3 aliphatic rings. The maximum Gasteiger partial charge on any atom is 0.344 e. The topological polar surface area (TPSA) is 74.3 Å². The highest BCUT2D eigenvalue weighted by Crippen LogP contribution is 2.55. The summed E-state index contributed by atoms with van der Waals surface area (Å²) in [4.78, 5) is 29.9. The summed E-state index contributed by atoms with van der Waals surface area (Å²) in [6.07, 6.45) is 1.40. The van der Waals surface area contributed by atoms with Crippen molar-refractivity contribution in [1.82, 2.24) is 0 Å². The second-order valence-electron chi connectivity index (χ2n) is 10.6. The highest BCUT2D eigenvalue weighted by molar-refractivity contribution is 6.14. The van der Waals surface area contributed by atoms with Crippen LogP contribution in [-0.2, 0) is 42.4 Å². The highest BCUT2D eigenvalue weighted by Gasteiger charge is 2.63. The zero-order chi connectivity index (χ0) is 27.2. The molecule has 3 aromatic rings. The molecule has 0 aromatic heterocycles. The largest absolute Gasteiger partial charge is 0.497 e. The van der Waals surface area contributed by atoms with Gasteiger partial charge in [0, 0.05) is 25.8 Å². The summed E-state index contributed by atoms with van der Waals surface area (Å²) >= 11 is 0. The molecular weight excluding hydrogens is 494 g/mol. The van der Waals surface area contributed by atoms with Crippen LogP contribution < -0.4 is 9.64 Å². The maximum absolute atomic E-state index is 14.6. The van der Waals surface area contributed by atoms with E-state index in [1.165, 1.54) is 5.56 Å². The molecule has 0 N–H and O–H groups in total. The first-order valence-corrected chi connectivity index (χ1v) is 13.2. The molecule has 7 heteroatoms. The molecule has 0 aliphatic carbocycles. The molecule has 0 radical (unpaired) electrons. The first kappa shape index (κ1) is 25.2. The molecule has 0 unspecified atom stereocenters. The van der Waals surface area contributed by atoms with Crippen molar-refractivity contribution in [2.24, 2.45) is 0 Å². The second kappa shape index (κ2) is 9.58. The monoisotopic (exact) mass is 525 g/mol. The number of anilines is 1. The summed E-state index contributed by atoms with van der Waals surface area (Å²) in [5, 5.41) is 0. The fourth-order valence-corrected chi connectivity index (χ4v) is 5.78. The summed E-state index contributed by atoms with van der Waals surface area (Å²) < 4.78 is 24.2. The molecule has 200 valence electrons. The lowest BCUT2D eigenvalue weighted by Gasteiger charge is -2.44. The third-order valence-corrected chi connectivity index (χ3v) is 7.50. The number of hydrogen-bond acceptors (Lipinski definition) is 6. The molecule has 39 heavy (non-hydrogen) atoms. The Morgan fingerprint density at radius 3 is 2.31 bits per heavy atom. The van der Waals surface area contributed by atoms with Crippen molar-refractivity contribution in [3.63, 3.8) is 0 Å². The maximum atomic E-state index is 14.6. The smallest absolute Gasteiger partial charge is 0.344 e. The number of benzene rings is 3. The minimum Gasteiger partial charge on any atom is -0.497 e. The number of fused-ring (bicyclic) bond motifs is 3. The zero-order valence-corrected chi connectivity index (χ0v) is 22.3. The fraction of sp³-hybridized carbons (Fsp3) is 0.312. The summed E-state index contributed by atoms with van der Waals surface area (Å²) in [5.41, 5.74) is 1.76. The Labute approximate surface area is 227 Å². The van der Waals surface area contributed by atoms with Crippen molar-refractivity contribution >= 4 is 17.6 Å². The van der Waals surface area contributed by atoms with Crippen molar-refractivity contribution in [2.75, 3.05) is 12.0 Å². The van der Waals surface area contributed by atoms with Crippen molar-refractivity contribution < 1.29 is 28.5 Å². The second-order valence-corrected chi connectivity index (χ2v) is 10.6. The molecule has 1 spiro atoms. The predicted octanol–water partition coefficient (Wildman–Crippen LogP) is 5.42. The number of aryl methyl sites for hydroxylation is 1. The van der Waals surface area contributed by atoms with Crippen LogP contribution in [0.1, 0.15) is 43.4 Å². The van der Waals surface area contributed by atoms with Crippen LogP contribution in [0.25, 0.3) is 0 Å². The molecule has 3 aliphatic heterocycles. The molecule has 3 aromatic carbocycles. The van der Waals surface area contributed by atoms with E-state index in [4.69, 9.17) is 18.9 Å². The van der Waals surface area contributed by atoms with Gasteiger partial charge in [0.25, 0.3) is 5.91 Å². The number of cyclic esters (lactones) is 1. The Morgan fingerprint density at radius 2 is 1.62 bits per heavy atom. The number of nitrogens with zero attached hydrogens (tertiary/aromatic N) is 1. The van der Waals surface area contributed by atoms with Gasteiger partial charge in [-0.2, -0.15) is 0 Å². The first-order chi connectivity index (χ1) is 18.8. The van der Waals surface area contributed by atoms with Gasteiger partial charge >= 0.3 is 5.97 Å². The first-order valence-electron chi connectivity index (χ1n) is 13.2. The van der Waals surface area contributed by atoms with Gasteiger partial charge in [0.2, 0.25) is 11.4 Å². The van der Waals surface area contributed by atoms with Gasteiger partial charge < -0.3 is 23.8 Å². The molecule has 1 amide bonds. The van der Waals surface area contributed by atoms with Crippen LogP contribution in [0.3, 0.4) is 0 Å². The van der Waals surface area contributed by atoms with Crippen LogP contribution in [0, 0.1) is 0 Å². The predicted molar refractivity (Wildman–Crippen MR) is 145 cm³/mol. The van der Waals surface area contributed by atoms with Gasteiger partial charge in [-0.1, -0.05) is 60.7 Å². The van der Waals surface area contributed by atoms with Gasteiger partial charge in [-0.25, -0.2) is 4.79 Å². The van der Waals surface area contributed by atoms with Gasteiger partial charge in [0.1, 0.15) is 17.1 Å². The lowest BCUT2D eigenvalue weighted by Crippen LogP contribution is -2.54. The summed E-state index contributed by atoms with van der Waals surface area (Å²) in [6.45, 7) is 3.72. The Hall–Kier alpha value is -4.10. The SMILES string of the molecule is COc1ccc2c(c1)[C@@]1(O[C@H](CCc3ccccc3)CC3=C1C(=O)OC(C)(C)O3)C(=O)N2Cc1ccccc1. The van der Waals surface area contributed by atoms with Gasteiger partial charge in [-0.15, -0.1) is 0 Å². The number of carbonyl (C=O) groups excluding carboxylic acids is 2. The van der Waals surface area contributed by atoms with Crippen molar-refractivity contribution in [1.29, 1.82) is 0 Å². The van der Waals surface area contributed by atoms with Gasteiger partial charge in [0.15, 0.2) is 0 Å². The Kier molecular flexibility index (Phi) is 6.19. The van der Waals surface area contributed by atoms with Crippen LogP contribution in [0.4, 0.5) is 5.69 Å². The van der Waals surface area contributed by atoms with E-state index < -0.39 is 17.4 Å². The summed E-state index contributed by atoms with van der Waals surface area (Å²) in [7, 11) is 1.57. The van der Waals surface area contributed by atoms with Crippen LogP contribution in [0.5, 0.6) is 5.75 Å². The van der Waals surface area contributed by atoms with E-state index in [-0.39, 0.29) is 17.6 Å². The quantitative estimate of drug-likeness (QED) is 0.400. The van der Waals surface area contributed by atoms with Crippen LogP contribution in [0.15, 0.2) is 90.2 Å². The molecule has 0 fully saturated rings. The van der Waals surface area contributed by atoms with E-state index in [0.29, 0.717) is 42.1 Å². The number of rotatable bonds is 6. The van der Waals surface area contributed by atoms with E-state index in [2.05, 4.69) is 12.1 Å². The number of carbonyl (C=O) groups is 2. The number of ether oxygens (including phenoxy) is 4. The highest BCUT2D eigenvalue weighted by atomic mass is 16.7. The molecule has 3 heterocycles. The Balaban J connectivity index is 1.48. The average molecular weight is 526 g/mol. The molecular formula is C32H31NO6. The lowest BCUT2D eigenvalue weighted by molar-refractivity contribution is -0.224. The van der Waals surface area contributed by atoms with Gasteiger partial charge in [0.05, 0.1) is 25.4 Å². The van der Waals surface area contributed by atoms with Crippen molar-refractivity contribution in [3.05, 3.63) is 107 Å². The lowest BCUT2D eigenvalue weighted by atomic mass is 9.81. The van der Waals surface area contributed by atoms with Crippen LogP contribution in [0.2, 0.25) is 0 Å². The van der Waals surface area contributed by atoms with E-state index in [0.717, 1.165) is 12.0 Å². The molecule has 0 saturated heterocycles. The number of amides is 1. The third kappa shape index (κ3) is 4.36. The summed E-state index contributed by atoms with van der Waals surface area (Å²) in [5.74, 6) is -1.09. The Morgan fingerprint density at radius 1 is 0.923 bits per heavy atom. The zero-order valence-electron chi connectivity index (χ0n) is 22.3. The molecule has 6 rings (SSSR count). The van der Waals surface area contributed by atoms with Crippen LogP contribution >= 0.6 is 0 Å². The van der Waals surface area contributed by atoms with E-state index in [9.17, 15) is 9.59 Å². The molecule has 0 saturated carbocycles. The standard InChI is InChI=1S/C32H31NO6/c1-31(2)38-27-19-24(15-14-21-10-6-4-7-11-21)37-32(28(27)29(34)39-31)25-18-23(36-3)16-17-26(25)33(30(32)35)20-22-12-8-5-9-13-22/h4-13,16-18,24H,14-15,19-20H2,1-3H3/t24-,32+/m1/s1. The van der Waals surface area contributed by atoms with Crippen molar-refractivity contribution in [2.45, 2.75) is 57.1 Å². The van der Waals surface area contributed by atoms with E-state index >= 15 is 0 Å². The van der Waals surface area contributed by atoms with Crippen molar-refractivity contribution in [3.8, 4) is 5.75 Å². The minimum atomic E-state index is -1.71. The molecule has 2 atom stereocenters. The molecule has 7 nitrogen and oxygen atoms in total. The third-order valence-electron chi connectivity index (χ3n) is 7.50. The summed E-state index contributed by atoms with van der Waals surface area (Å²) in [6, 6.07) is 25.3. The minimum absolute atomic E-state index is 0.118. The normalized spacial score (nSPS) is 23.3. The van der Waals surface area contributed by atoms with Crippen LogP contribution in [-0.4, -0.2) is 30.9 Å². The number of hydrogen-bond donors (Lipinski definition) is 0. The average Bonchev–Trinajstić information content (AvgIpc) is 3.14. The van der Waals surface area contributed by atoms with E-state index in [1.54, 1.807) is 31.9 Å². The van der Waals surface area contributed by atoms with E-state index in [1.807, 2.05) is 60.7 Å². The Bertz CT molecular complexity index is 1450. The van der Waals surface area contributed by atoms with Gasteiger partial charge in [-0.05, 0) is 42.2 Å².